The van der Waals surface area contributed by atoms with E-state index < -0.39 is 15.9 Å². The van der Waals surface area contributed by atoms with Crippen molar-refractivity contribution in [3.63, 3.8) is 0 Å². The SMILES string of the molecule is Cc1cc(NC(=O)C2CCCN(S(=O)(=O)c3c(C)noc3C)C2)n(C(C)(C)C)n1. The summed E-state index contributed by atoms with van der Waals surface area (Å²) in [6.45, 7) is 11.6. The van der Waals surface area contributed by atoms with Crippen molar-refractivity contribution < 1.29 is 17.7 Å². The number of carbonyl (C=O) groups excluding carboxylic acids is 1. The van der Waals surface area contributed by atoms with Crippen LogP contribution in [0.1, 0.15) is 50.8 Å². The summed E-state index contributed by atoms with van der Waals surface area (Å²) in [5.74, 6) is 0.237. The van der Waals surface area contributed by atoms with Crippen molar-refractivity contribution in [1.29, 1.82) is 0 Å². The van der Waals surface area contributed by atoms with Gasteiger partial charge in [0.15, 0.2) is 5.76 Å². The molecule has 1 atom stereocenters. The van der Waals surface area contributed by atoms with Crippen LogP contribution < -0.4 is 5.32 Å². The molecule has 10 heteroatoms. The van der Waals surface area contributed by atoms with E-state index in [1.54, 1.807) is 18.5 Å². The highest BCUT2D eigenvalue weighted by atomic mass is 32.2. The topological polar surface area (TPSA) is 110 Å². The molecule has 0 bridgehead atoms. The lowest BCUT2D eigenvalue weighted by Gasteiger charge is -2.31. The van der Waals surface area contributed by atoms with Crippen molar-refractivity contribution in [2.75, 3.05) is 18.4 Å². The highest BCUT2D eigenvalue weighted by Crippen LogP contribution is 2.29. The lowest BCUT2D eigenvalue weighted by molar-refractivity contribution is -0.120. The van der Waals surface area contributed by atoms with Gasteiger partial charge in [0.25, 0.3) is 0 Å². The minimum Gasteiger partial charge on any atom is -0.360 e. The molecule has 0 aromatic carbocycles. The number of hydrogen-bond acceptors (Lipinski definition) is 6. The number of sulfonamides is 1. The number of nitrogens with one attached hydrogen (secondary N) is 1. The molecule has 0 radical (unpaired) electrons. The third-order valence-corrected chi connectivity index (χ3v) is 7.15. The smallest absolute Gasteiger partial charge is 0.248 e. The molecule has 3 heterocycles. The number of aryl methyl sites for hydroxylation is 3. The summed E-state index contributed by atoms with van der Waals surface area (Å²) in [4.78, 5) is 13.0. The molecule has 1 unspecified atom stereocenters. The quantitative estimate of drug-likeness (QED) is 0.809. The van der Waals surface area contributed by atoms with Gasteiger partial charge in [-0.3, -0.25) is 4.79 Å². The first-order valence-corrected chi connectivity index (χ1v) is 11.2. The van der Waals surface area contributed by atoms with E-state index in [0.29, 0.717) is 30.9 Å². The van der Waals surface area contributed by atoms with E-state index in [9.17, 15) is 13.2 Å². The van der Waals surface area contributed by atoms with Gasteiger partial charge in [-0.2, -0.15) is 9.40 Å². The van der Waals surface area contributed by atoms with Gasteiger partial charge in [0.1, 0.15) is 16.4 Å². The van der Waals surface area contributed by atoms with E-state index in [1.807, 2.05) is 33.8 Å². The third kappa shape index (κ3) is 4.23. The second-order valence-electron chi connectivity index (χ2n) is 8.60. The van der Waals surface area contributed by atoms with Crippen molar-refractivity contribution >= 4 is 21.7 Å². The van der Waals surface area contributed by atoms with E-state index in [1.165, 1.54) is 4.31 Å². The lowest BCUT2D eigenvalue weighted by Crippen LogP contribution is -2.44. The van der Waals surface area contributed by atoms with Crippen LogP contribution in [0.2, 0.25) is 0 Å². The first-order chi connectivity index (χ1) is 13.4. The first kappa shape index (κ1) is 21.5. The van der Waals surface area contributed by atoms with Crippen LogP contribution in [0.15, 0.2) is 15.5 Å². The minimum absolute atomic E-state index is 0.0972. The van der Waals surface area contributed by atoms with Gasteiger partial charge in [0.2, 0.25) is 15.9 Å². The van der Waals surface area contributed by atoms with Crippen LogP contribution in [-0.2, 0) is 20.4 Å². The van der Waals surface area contributed by atoms with Gasteiger partial charge in [0.05, 0.1) is 17.2 Å². The normalized spacial score (nSPS) is 18.8. The van der Waals surface area contributed by atoms with Crippen molar-refractivity contribution in [1.82, 2.24) is 19.2 Å². The molecule has 0 spiro atoms. The van der Waals surface area contributed by atoms with Crippen LogP contribution in [0, 0.1) is 26.7 Å². The summed E-state index contributed by atoms with van der Waals surface area (Å²) in [5, 5.41) is 11.2. The zero-order valence-corrected chi connectivity index (χ0v) is 18.6. The molecule has 29 heavy (non-hydrogen) atoms. The average Bonchev–Trinajstić information content (AvgIpc) is 3.16. The Morgan fingerprint density at radius 1 is 1.28 bits per heavy atom. The zero-order valence-electron chi connectivity index (χ0n) is 17.8. The fourth-order valence-corrected chi connectivity index (χ4v) is 5.49. The summed E-state index contributed by atoms with van der Waals surface area (Å²) < 4.78 is 34.3. The van der Waals surface area contributed by atoms with Gasteiger partial charge >= 0.3 is 0 Å². The molecule has 2 aromatic rings. The highest BCUT2D eigenvalue weighted by Gasteiger charge is 2.36. The second-order valence-corrected chi connectivity index (χ2v) is 10.5. The Bertz CT molecular complexity index is 997. The molecule has 1 saturated heterocycles. The summed E-state index contributed by atoms with van der Waals surface area (Å²) in [6.07, 6.45) is 1.24. The fraction of sp³-hybridized carbons (Fsp3) is 0.632. The lowest BCUT2D eigenvalue weighted by atomic mass is 9.99. The molecule has 1 N–H and O–H groups in total. The molecule has 2 aromatic heterocycles. The maximum atomic E-state index is 13.1. The van der Waals surface area contributed by atoms with Crippen LogP contribution >= 0.6 is 0 Å². The van der Waals surface area contributed by atoms with E-state index in [4.69, 9.17) is 4.52 Å². The Morgan fingerprint density at radius 2 is 1.97 bits per heavy atom. The van der Waals surface area contributed by atoms with Gasteiger partial charge in [-0.05, 0) is 54.4 Å². The molecule has 3 rings (SSSR count). The van der Waals surface area contributed by atoms with E-state index >= 15 is 0 Å². The number of anilines is 1. The second kappa shape index (κ2) is 7.56. The van der Waals surface area contributed by atoms with Gasteiger partial charge in [0, 0.05) is 19.2 Å². The number of rotatable bonds is 4. The van der Waals surface area contributed by atoms with Crippen LogP contribution in [0.4, 0.5) is 5.82 Å². The molecule has 1 fully saturated rings. The standard InChI is InChI=1S/C19H29N5O4S/c1-12-10-16(24(21-12)19(4,5)6)20-18(25)15-8-7-9-23(11-15)29(26,27)17-13(2)22-28-14(17)3/h10,15H,7-9,11H2,1-6H3,(H,20,25). The molecule has 0 saturated carbocycles. The predicted molar refractivity (Wildman–Crippen MR) is 108 cm³/mol. The van der Waals surface area contributed by atoms with E-state index in [0.717, 1.165) is 5.69 Å². The number of nitrogens with zero attached hydrogens (tertiary/aromatic N) is 4. The van der Waals surface area contributed by atoms with Crippen LogP contribution in [0.5, 0.6) is 0 Å². The summed E-state index contributed by atoms with van der Waals surface area (Å²) >= 11 is 0. The molecule has 1 aliphatic rings. The van der Waals surface area contributed by atoms with Gasteiger partial charge in [-0.1, -0.05) is 5.16 Å². The number of amides is 1. The third-order valence-electron chi connectivity index (χ3n) is 5.04. The Morgan fingerprint density at radius 3 is 2.55 bits per heavy atom. The maximum absolute atomic E-state index is 13.1. The van der Waals surface area contributed by atoms with Gasteiger partial charge in [-0.25, -0.2) is 13.1 Å². The van der Waals surface area contributed by atoms with Gasteiger partial charge in [-0.15, -0.1) is 0 Å². The number of hydrogen-bond donors (Lipinski definition) is 1. The molecule has 160 valence electrons. The van der Waals surface area contributed by atoms with Crippen molar-refractivity contribution in [2.45, 2.75) is 64.8 Å². The Kier molecular flexibility index (Phi) is 5.61. The molecule has 1 aliphatic heterocycles. The largest absolute Gasteiger partial charge is 0.360 e. The fourth-order valence-electron chi connectivity index (χ4n) is 3.67. The Balaban J connectivity index is 1.79. The van der Waals surface area contributed by atoms with Crippen LogP contribution in [-0.4, -0.2) is 46.7 Å². The van der Waals surface area contributed by atoms with Crippen molar-refractivity contribution in [2.24, 2.45) is 5.92 Å². The number of carbonyl (C=O) groups is 1. The monoisotopic (exact) mass is 423 g/mol. The zero-order chi connectivity index (χ0) is 21.6. The Labute approximate surface area is 171 Å². The first-order valence-electron chi connectivity index (χ1n) is 9.72. The summed E-state index contributed by atoms with van der Waals surface area (Å²) in [7, 11) is -3.77. The maximum Gasteiger partial charge on any atom is 0.248 e. The number of piperidine rings is 1. The highest BCUT2D eigenvalue weighted by molar-refractivity contribution is 7.89. The minimum atomic E-state index is -3.77. The van der Waals surface area contributed by atoms with E-state index in [2.05, 4.69) is 15.6 Å². The van der Waals surface area contributed by atoms with Crippen molar-refractivity contribution in [3.05, 3.63) is 23.2 Å². The molecular weight excluding hydrogens is 394 g/mol. The summed E-state index contributed by atoms with van der Waals surface area (Å²) in [6, 6.07) is 1.82. The predicted octanol–water partition coefficient (Wildman–Crippen LogP) is 2.59. The molecular formula is C19H29N5O4S. The average molecular weight is 424 g/mol. The van der Waals surface area contributed by atoms with Crippen LogP contribution in [0.25, 0.3) is 0 Å². The van der Waals surface area contributed by atoms with Crippen molar-refractivity contribution in [3.8, 4) is 0 Å². The van der Waals surface area contributed by atoms with Crippen LogP contribution in [0.3, 0.4) is 0 Å². The molecule has 1 amide bonds. The molecule has 0 aliphatic carbocycles. The molecule has 9 nitrogen and oxygen atoms in total. The van der Waals surface area contributed by atoms with Gasteiger partial charge < -0.3 is 9.84 Å². The Hall–Kier alpha value is -2.20. The number of aromatic nitrogens is 3. The summed E-state index contributed by atoms with van der Waals surface area (Å²) in [5.41, 5.74) is 0.849. The van der Waals surface area contributed by atoms with E-state index in [-0.39, 0.29) is 28.6 Å².